The molecule has 0 spiro atoms. The summed E-state index contributed by atoms with van der Waals surface area (Å²) in [5, 5.41) is 0.602. The van der Waals surface area contributed by atoms with Crippen LogP contribution in [0.1, 0.15) is 26.7 Å². The van der Waals surface area contributed by atoms with E-state index in [9.17, 15) is 9.18 Å². The number of hydrogen-bond donors (Lipinski definition) is 0. The second-order valence-corrected chi connectivity index (χ2v) is 5.77. The van der Waals surface area contributed by atoms with Crippen LogP contribution in [0.2, 0.25) is 5.02 Å². The number of alkyl halides is 1. The van der Waals surface area contributed by atoms with E-state index in [-0.39, 0.29) is 0 Å². The molecule has 0 saturated heterocycles. The second-order valence-electron chi connectivity index (χ2n) is 4.21. The van der Waals surface area contributed by atoms with E-state index in [0.717, 1.165) is 24.6 Å². The number of benzene rings is 1. The maximum atomic E-state index is 14.0. The minimum atomic E-state index is -1.56. The van der Waals surface area contributed by atoms with Crippen LogP contribution in [0.25, 0.3) is 0 Å². The molecule has 5 heteroatoms. The third kappa shape index (κ3) is 5.41. The predicted molar refractivity (Wildman–Crippen MR) is 79.4 cm³/mol. The molecule has 0 heterocycles. The Morgan fingerprint density at radius 2 is 1.79 bits per heavy atom. The minimum Gasteiger partial charge on any atom is -0.339 e. The Balaban J connectivity index is 2.62. The summed E-state index contributed by atoms with van der Waals surface area (Å²) in [5.74, 6) is -0.441. The number of carbonyl (C=O) groups excluding carboxylic acids is 1. The zero-order valence-corrected chi connectivity index (χ0v) is 12.8. The molecule has 1 aromatic rings. The van der Waals surface area contributed by atoms with Crippen molar-refractivity contribution in [1.29, 1.82) is 0 Å². The van der Waals surface area contributed by atoms with Crippen LogP contribution in [0.4, 0.5) is 4.39 Å². The van der Waals surface area contributed by atoms with E-state index in [1.165, 1.54) is 0 Å². The summed E-state index contributed by atoms with van der Waals surface area (Å²) in [4.78, 5) is 14.3. The smallest absolute Gasteiger partial charge is 0.268 e. The fourth-order valence-electron chi connectivity index (χ4n) is 1.70. The van der Waals surface area contributed by atoms with Gasteiger partial charge in [-0.25, -0.2) is 4.39 Å². The lowest BCUT2D eigenvalue weighted by molar-refractivity contribution is -0.133. The van der Waals surface area contributed by atoms with Crippen LogP contribution in [0.5, 0.6) is 0 Å². The van der Waals surface area contributed by atoms with Crippen molar-refractivity contribution in [2.24, 2.45) is 0 Å². The molecule has 0 radical (unpaired) electrons. The lowest BCUT2D eigenvalue weighted by Gasteiger charge is -2.23. The van der Waals surface area contributed by atoms with Gasteiger partial charge in [-0.1, -0.05) is 37.2 Å². The fourth-order valence-corrected chi connectivity index (χ4v) is 2.61. The van der Waals surface area contributed by atoms with Crippen LogP contribution in [0, 0.1) is 0 Å². The summed E-state index contributed by atoms with van der Waals surface area (Å²) >= 11 is 6.69. The fraction of sp³-hybridized carbons (Fsp3) is 0.500. The highest BCUT2D eigenvalue weighted by atomic mass is 35.5. The molecular formula is C14H19ClFNOS. The van der Waals surface area contributed by atoms with Gasteiger partial charge in [-0.15, -0.1) is 0 Å². The first-order chi connectivity index (χ1) is 9.08. The van der Waals surface area contributed by atoms with Gasteiger partial charge in [-0.3, -0.25) is 4.79 Å². The van der Waals surface area contributed by atoms with E-state index in [2.05, 4.69) is 0 Å². The highest BCUT2D eigenvalue weighted by Gasteiger charge is 2.23. The Kier molecular flexibility index (Phi) is 7.24. The van der Waals surface area contributed by atoms with Crippen molar-refractivity contribution in [2.45, 2.75) is 37.1 Å². The number of amides is 1. The van der Waals surface area contributed by atoms with Gasteiger partial charge in [0.25, 0.3) is 5.91 Å². The zero-order chi connectivity index (χ0) is 14.3. The molecule has 1 atom stereocenters. The van der Waals surface area contributed by atoms with Crippen molar-refractivity contribution in [2.75, 3.05) is 13.1 Å². The standard InChI is InChI=1S/C14H19ClFNOS/c1-3-9-17(10-4-2)14(18)13(16)19-12-7-5-11(15)6-8-12/h5-8,13H,3-4,9-10H2,1-2H3. The summed E-state index contributed by atoms with van der Waals surface area (Å²) in [5.41, 5.74) is -1.56. The van der Waals surface area contributed by atoms with E-state index in [4.69, 9.17) is 11.6 Å². The first-order valence-electron chi connectivity index (χ1n) is 6.43. The maximum absolute atomic E-state index is 14.0. The van der Waals surface area contributed by atoms with Gasteiger partial charge in [0, 0.05) is 23.0 Å². The van der Waals surface area contributed by atoms with Crippen molar-refractivity contribution in [3.05, 3.63) is 29.3 Å². The molecule has 19 heavy (non-hydrogen) atoms. The van der Waals surface area contributed by atoms with Crippen molar-refractivity contribution in [3.8, 4) is 0 Å². The molecule has 0 fully saturated rings. The molecule has 0 bridgehead atoms. The summed E-state index contributed by atoms with van der Waals surface area (Å²) < 4.78 is 14.0. The Bertz CT molecular complexity index is 393. The van der Waals surface area contributed by atoms with Gasteiger partial charge in [0.05, 0.1) is 0 Å². The Morgan fingerprint density at radius 3 is 2.26 bits per heavy atom. The van der Waals surface area contributed by atoms with E-state index >= 15 is 0 Å². The van der Waals surface area contributed by atoms with Crippen molar-refractivity contribution >= 4 is 29.3 Å². The number of thioether (sulfide) groups is 1. The van der Waals surface area contributed by atoms with Gasteiger partial charge in [0.15, 0.2) is 0 Å². The summed E-state index contributed by atoms with van der Waals surface area (Å²) in [6.45, 7) is 5.17. The Morgan fingerprint density at radius 1 is 1.26 bits per heavy atom. The zero-order valence-electron chi connectivity index (χ0n) is 11.2. The summed E-state index contributed by atoms with van der Waals surface area (Å²) in [6, 6.07) is 6.82. The molecule has 106 valence electrons. The van der Waals surface area contributed by atoms with Crippen LogP contribution in [0.15, 0.2) is 29.2 Å². The van der Waals surface area contributed by atoms with Crippen molar-refractivity contribution in [1.82, 2.24) is 4.90 Å². The van der Waals surface area contributed by atoms with Gasteiger partial charge in [-0.05, 0) is 37.1 Å². The molecule has 0 N–H and O–H groups in total. The topological polar surface area (TPSA) is 20.3 Å². The summed E-state index contributed by atoms with van der Waals surface area (Å²) in [7, 11) is 0. The van der Waals surface area contributed by atoms with E-state index < -0.39 is 11.4 Å². The normalized spacial score (nSPS) is 12.2. The molecule has 0 aromatic heterocycles. The highest BCUT2D eigenvalue weighted by Crippen LogP contribution is 2.27. The van der Waals surface area contributed by atoms with Gasteiger partial charge in [-0.2, -0.15) is 0 Å². The van der Waals surface area contributed by atoms with Crippen LogP contribution in [0.3, 0.4) is 0 Å². The highest BCUT2D eigenvalue weighted by molar-refractivity contribution is 8.00. The second kappa shape index (κ2) is 8.43. The van der Waals surface area contributed by atoms with Gasteiger partial charge < -0.3 is 4.90 Å². The number of rotatable bonds is 7. The first kappa shape index (κ1) is 16.3. The van der Waals surface area contributed by atoms with Crippen molar-refractivity contribution < 1.29 is 9.18 Å². The Labute approximate surface area is 123 Å². The maximum Gasteiger partial charge on any atom is 0.268 e. The van der Waals surface area contributed by atoms with Gasteiger partial charge >= 0.3 is 0 Å². The van der Waals surface area contributed by atoms with Crippen LogP contribution in [-0.2, 0) is 4.79 Å². The lowest BCUT2D eigenvalue weighted by atomic mass is 10.3. The minimum absolute atomic E-state index is 0.441. The van der Waals surface area contributed by atoms with E-state index in [1.54, 1.807) is 29.2 Å². The quantitative estimate of drug-likeness (QED) is 0.697. The number of hydrogen-bond acceptors (Lipinski definition) is 2. The molecule has 0 saturated carbocycles. The predicted octanol–water partition coefficient (Wildman–Crippen LogP) is 4.38. The van der Waals surface area contributed by atoms with Crippen LogP contribution >= 0.6 is 23.4 Å². The third-order valence-electron chi connectivity index (χ3n) is 2.55. The van der Waals surface area contributed by atoms with Crippen LogP contribution < -0.4 is 0 Å². The molecular weight excluding hydrogens is 285 g/mol. The molecule has 0 aliphatic rings. The monoisotopic (exact) mass is 303 g/mol. The van der Waals surface area contributed by atoms with Crippen molar-refractivity contribution in [3.63, 3.8) is 0 Å². The molecule has 0 aliphatic heterocycles. The third-order valence-corrected chi connectivity index (χ3v) is 3.75. The van der Waals surface area contributed by atoms with E-state index in [1.807, 2.05) is 13.8 Å². The molecule has 1 amide bonds. The van der Waals surface area contributed by atoms with Crippen LogP contribution in [-0.4, -0.2) is 29.4 Å². The first-order valence-corrected chi connectivity index (χ1v) is 7.69. The molecule has 0 aliphatic carbocycles. The molecule has 2 nitrogen and oxygen atoms in total. The SMILES string of the molecule is CCCN(CCC)C(=O)C(F)Sc1ccc(Cl)cc1. The number of halogens is 2. The molecule has 1 aromatic carbocycles. The number of carbonyl (C=O) groups is 1. The lowest BCUT2D eigenvalue weighted by Crippen LogP contribution is -2.37. The average Bonchev–Trinajstić information content (AvgIpc) is 2.40. The average molecular weight is 304 g/mol. The van der Waals surface area contributed by atoms with Gasteiger partial charge in [0.1, 0.15) is 0 Å². The largest absolute Gasteiger partial charge is 0.339 e. The summed E-state index contributed by atoms with van der Waals surface area (Å²) in [6.07, 6.45) is 1.67. The van der Waals surface area contributed by atoms with Gasteiger partial charge in [0.2, 0.25) is 5.50 Å². The molecule has 1 rings (SSSR count). The Hall–Kier alpha value is -0.740. The number of nitrogens with zero attached hydrogens (tertiary/aromatic N) is 1. The van der Waals surface area contributed by atoms with E-state index in [0.29, 0.717) is 23.0 Å². The molecule has 1 unspecified atom stereocenters.